The first-order valence-corrected chi connectivity index (χ1v) is 9.13. The number of aryl methyl sites for hydroxylation is 1. The van der Waals surface area contributed by atoms with Gasteiger partial charge in [0.2, 0.25) is 10.0 Å². The molecule has 0 radical (unpaired) electrons. The molecule has 0 aliphatic carbocycles. The first kappa shape index (κ1) is 16.1. The van der Waals surface area contributed by atoms with Crippen molar-refractivity contribution in [3.05, 3.63) is 14.7 Å². The molecule has 1 rings (SSSR count). The van der Waals surface area contributed by atoms with E-state index in [1.807, 2.05) is 13.8 Å². The quantitative estimate of drug-likeness (QED) is 0.778. The fourth-order valence-electron chi connectivity index (χ4n) is 1.70. The van der Waals surface area contributed by atoms with Crippen LogP contribution in [0.25, 0.3) is 0 Å². The minimum atomic E-state index is -3.35. The first-order chi connectivity index (χ1) is 8.32. The largest absolute Gasteiger partial charge is 0.244 e. The van der Waals surface area contributed by atoms with Crippen LogP contribution in [0.5, 0.6) is 0 Å². The average Bonchev–Trinajstić information content (AvgIpc) is 2.65. The summed E-state index contributed by atoms with van der Waals surface area (Å²) >= 11 is 4.81. The van der Waals surface area contributed by atoms with Crippen LogP contribution in [-0.2, 0) is 10.0 Å². The highest BCUT2D eigenvalue weighted by molar-refractivity contribution is 9.11. The summed E-state index contributed by atoms with van der Waals surface area (Å²) in [5.74, 6) is 0.377. The van der Waals surface area contributed by atoms with Crippen molar-refractivity contribution in [2.24, 2.45) is 5.92 Å². The van der Waals surface area contributed by atoms with Crippen LogP contribution in [0.15, 0.2) is 14.7 Å². The van der Waals surface area contributed by atoms with Crippen molar-refractivity contribution in [1.82, 2.24) is 4.31 Å². The molecule has 18 heavy (non-hydrogen) atoms. The Balaban J connectivity index is 3.07. The minimum absolute atomic E-state index is 0.377. The number of sulfonamides is 1. The molecule has 0 aliphatic heterocycles. The third kappa shape index (κ3) is 3.56. The van der Waals surface area contributed by atoms with Gasteiger partial charge in [0.1, 0.15) is 0 Å². The molecule has 0 N–H and O–H groups in total. The van der Waals surface area contributed by atoms with Gasteiger partial charge in [-0.15, -0.1) is 11.3 Å². The van der Waals surface area contributed by atoms with Gasteiger partial charge in [-0.2, -0.15) is 4.31 Å². The number of rotatable bonds is 6. The lowest BCUT2D eigenvalue weighted by molar-refractivity contribution is 0.361. The average molecular weight is 354 g/mol. The first-order valence-electron chi connectivity index (χ1n) is 6.09. The highest BCUT2D eigenvalue weighted by Crippen LogP contribution is 2.31. The summed E-state index contributed by atoms with van der Waals surface area (Å²) in [7, 11) is -3.35. The molecule has 1 aromatic rings. The zero-order valence-electron chi connectivity index (χ0n) is 11.2. The molecule has 1 aromatic heterocycles. The second-order valence-electron chi connectivity index (χ2n) is 4.44. The van der Waals surface area contributed by atoms with E-state index in [0.717, 1.165) is 15.1 Å². The molecule has 0 amide bonds. The fourth-order valence-corrected chi connectivity index (χ4v) is 5.65. The van der Waals surface area contributed by atoms with E-state index in [-0.39, 0.29) is 0 Å². The zero-order valence-corrected chi connectivity index (χ0v) is 14.5. The van der Waals surface area contributed by atoms with Gasteiger partial charge in [-0.3, -0.25) is 0 Å². The lowest BCUT2D eigenvalue weighted by atomic mass is 10.1. The number of hydrogen-bond donors (Lipinski definition) is 0. The fraction of sp³-hybridized carbons (Fsp3) is 0.667. The number of hydrogen-bond acceptors (Lipinski definition) is 3. The van der Waals surface area contributed by atoms with Crippen LogP contribution < -0.4 is 0 Å². The second-order valence-corrected chi connectivity index (χ2v) is 8.98. The van der Waals surface area contributed by atoms with Crippen molar-refractivity contribution < 1.29 is 8.42 Å². The lowest BCUT2D eigenvalue weighted by Gasteiger charge is -2.23. The molecule has 1 atom stereocenters. The molecule has 0 saturated carbocycles. The molecule has 6 heteroatoms. The van der Waals surface area contributed by atoms with E-state index in [9.17, 15) is 8.42 Å². The van der Waals surface area contributed by atoms with Gasteiger partial charge >= 0.3 is 0 Å². The van der Waals surface area contributed by atoms with Crippen LogP contribution in [0.3, 0.4) is 0 Å². The lowest BCUT2D eigenvalue weighted by Crippen LogP contribution is -2.34. The maximum absolute atomic E-state index is 12.6. The van der Waals surface area contributed by atoms with Crippen molar-refractivity contribution in [2.75, 3.05) is 13.1 Å². The summed E-state index contributed by atoms with van der Waals surface area (Å²) < 4.78 is 27.6. The molecular weight excluding hydrogens is 334 g/mol. The Morgan fingerprint density at radius 2 is 2.06 bits per heavy atom. The van der Waals surface area contributed by atoms with Gasteiger partial charge in [-0.1, -0.05) is 27.2 Å². The normalized spacial score (nSPS) is 14.1. The summed E-state index contributed by atoms with van der Waals surface area (Å²) in [5, 5.41) is 0. The van der Waals surface area contributed by atoms with E-state index in [0.29, 0.717) is 23.9 Å². The van der Waals surface area contributed by atoms with Crippen molar-refractivity contribution in [3.63, 3.8) is 0 Å². The van der Waals surface area contributed by atoms with Crippen LogP contribution in [0.4, 0.5) is 0 Å². The highest BCUT2D eigenvalue weighted by Gasteiger charge is 2.27. The van der Waals surface area contributed by atoms with E-state index in [1.54, 1.807) is 10.4 Å². The van der Waals surface area contributed by atoms with E-state index >= 15 is 0 Å². The third-order valence-electron chi connectivity index (χ3n) is 3.02. The molecule has 104 valence electrons. The van der Waals surface area contributed by atoms with Gasteiger partial charge in [-0.05, 0) is 34.8 Å². The monoisotopic (exact) mass is 353 g/mol. The molecular formula is C12H20BrNO2S2. The van der Waals surface area contributed by atoms with Crippen LogP contribution in [0.2, 0.25) is 0 Å². The van der Waals surface area contributed by atoms with Gasteiger partial charge in [0.05, 0.1) is 8.68 Å². The molecule has 0 saturated heterocycles. The van der Waals surface area contributed by atoms with Crippen LogP contribution >= 0.6 is 27.3 Å². The summed E-state index contributed by atoms with van der Waals surface area (Å²) in [5.41, 5.74) is 0. The van der Waals surface area contributed by atoms with E-state index < -0.39 is 10.0 Å². The Labute approximate surface area is 122 Å². The van der Waals surface area contributed by atoms with Gasteiger partial charge in [0, 0.05) is 18.0 Å². The number of halogens is 1. The van der Waals surface area contributed by atoms with Crippen LogP contribution in [0.1, 0.15) is 32.1 Å². The van der Waals surface area contributed by atoms with E-state index in [2.05, 4.69) is 29.8 Å². The van der Waals surface area contributed by atoms with E-state index in [4.69, 9.17) is 0 Å². The molecule has 0 aliphatic rings. The topological polar surface area (TPSA) is 37.4 Å². The number of nitrogens with zero attached hydrogens (tertiary/aromatic N) is 1. The van der Waals surface area contributed by atoms with Gasteiger partial charge < -0.3 is 0 Å². The van der Waals surface area contributed by atoms with Gasteiger partial charge in [-0.25, -0.2) is 8.42 Å². The molecule has 0 fully saturated rings. The molecule has 0 spiro atoms. The summed E-state index contributed by atoms with van der Waals surface area (Å²) in [6, 6.07) is 1.70. The summed E-state index contributed by atoms with van der Waals surface area (Å²) in [6.07, 6.45) is 0.984. The minimum Gasteiger partial charge on any atom is -0.207 e. The summed E-state index contributed by atoms with van der Waals surface area (Å²) in [4.78, 5) is 1.27. The van der Waals surface area contributed by atoms with Crippen molar-refractivity contribution in [2.45, 2.75) is 39.0 Å². The predicted molar refractivity (Wildman–Crippen MR) is 80.6 cm³/mol. The number of thiophene rings is 1. The van der Waals surface area contributed by atoms with Crippen molar-refractivity contribution >= 4 is 37.3 Å². The summed E-state index contributed by atoms with van der Waals surface area (Å²) in [6.45, 7) is 8.99. The maximum Gasteiger partial charge on any atom is 0.244 e. The second kappa shape index (κ2) is 6.50. The van der Waals surface area contributed by atoms with Crippen molar-refractivity contribution in [1.29, 1.82) is 0 Å². The smallest absolute Gasteiger partial charge is 0.207 e. The standard InChI is InChI=1S/C12H20BrNO2S2/c1-5-9(3)8-14(6-2)18(15,16)11-7-12(13)17-10(11)4/h7,9H,5-6,8H2,1-4H3. The molecule has 0 bridgehead atoms. The molecule has 3 nitrogen and oxygen atoms in total. The Kier molecular flexibility index (Phi) is 5.83. The van der Waals surface area contributed by atoms with Crippen LogP contribution in [-0.4, -0.2) is 25.8 Å². The van der Waals surface area contributed by atoms with Crippen LogP contribution in [0, 0.1) is 12.8 Å². The third-order valence-corrected chi connectivity index (χ3v) is 6.77. The van der Waals surface area contributed by atoms with Gasteiger partial charge in [0.25, 0.3) is 0 Å². The van der Waals surface area contributed by atoms with Gasteiger partial charge in [0.15, 0.2) is 0 Å². The Morgan fingerprint density at radius 1 is 1.44 bits per heavy atom. The van der Waals surface area contributed by atoms with E-state index in [1.165, 1.54) is 11.3 Å². The highest BCUT2D eigenvalue weighted by atomic mass is 79.9. The maximum atomic E-state index is 12.6. The molecule has 1 heterocycles. The molecule has 1 unspecified atom stereocenters. The van der Waals surface area contributed by atoms with Crippen molar-refractivity contribution in [3.8, 4) is 0 Å². The Bertz CT molecular complexity index is 496. The predicted octanol–water partition coefficient (Wildman–Crippen LogP) is 3.88. The SMILES string of the molecule is CCC(C)CN(CC)S(=O)(=O)c1cc(Br)sc1C. The zero-order chi connectivity index (χ0) is 13.9. The molecule has 0 aromatic carbocycles. The Morgan fingerprint density at radius 3 is 2.44 bits per heavy atom. The Hall–Kier alpha value is 0.0900.